The zero-order valence-corrected chi connectivity index (χ0v) is 9.82. The lowest BCUT2D eigenvalue weighted by Gasteiger charge is -2.37. The molecule has 0 unspecified atom stereocenters. The molecule has 4 nitrogen and oxygen atoms in total. The van der Waals surface area contributed by atoms with Crippen molar-refractivity contribution in [1.82, 2.24) is 0 Å². The molecule has 2 aliphatic rings. The predicted octanol–water partition coefficient (Wildman–Crippen LogP) is 1.50. The molecule has 1 aliphatic carbocycles. The zero-order valence-electron chi connectivity index (χ0n) is 9.82. The van der Waals surface area contributed by atoms with Crippen LogP contribution in [0.5, 0.6) is 0 Å². The fourth-order valence-electron chi connectivity index (χ4n) is 3.39. The maximum atomic E-state index is 11.7. The summed E-state index contributed by atoms with van der Waals surface area (Å²) < 4.78 is 5.91. The minimum Gasteiger partial charge on any atom is -0.481 e. The molecule has 94 valence electrons. The van der Waals surface area contributed by atoms with Gasteiger partial charge in [0, 0.05) is 0 Å². The van der Waals surface area contributed by atoms with Gasteiger partial charge in [0.1, 0.15) is 11.0 Å². The Kier molecular flexibility index (Phi) is 2.67. The monoisotopic (exact) mass is 238 g/mol. The van der Waals surface area contributed by atoms with Crippen LogP contribution in [0.25, 0.3) is 0 Å². The van der Waals surface area contributed by atoms with Crippen molar-refractivity contribution in [2.75, 3.05) is 6.61 Å². The Balaban J connectivity index is 2.56. The van der Waals surface area contributed by atoms with Crippen LogP contribution in [0.2, 0.25) is 0 Å². The van der Waals surface area contributed by atoms with E-state index >= 15 is 0 Å². The maximum Gasteiger partial charge on any atom is 0.313 e. The van der Waals surface area contributed by atoms with Gasteiger partial charge in [-0.05, 0) is 25.7 Å². The van der Waals surface area contributed by atoms with Crippen LogP contribution in [-0.2, 0) is 9.53 Å². The van der Waals surface area contributed by atoms with E-state index in [2.05, 4.69) is 13.2 Å². The van der Waals surface area contributed by atoms with Gasteiger partial charge in [-0.25, -0.2) is 0 Å². The summed E-state index contributed by atoms with van der Waals surface area (Å²) in [5.41, 5.74) is -2.85. The molecule has 4 heteroatoms. The minimum atomic E-state index is -1.07. The van der Waals surface area contributed by atoms with Crippen LogP contribution in [0.1, 0.15) is 25.7 Å². The fourth-order valence-corrected chi connectivity index (χ4v) is 3.39. The number of hydrogen-bond donors (Lipinski definition) is 2. The Bertz CT molecular complexity index is 368. The van der Waals surface area contributed by atoms with Gasteiger partial charge < -0.3 is 14.9 Å². The smallest absolute Gasteiger partial charge is 0.313 e. The summed E-state index contributed by atoms with van der Waals surface area (Å²) in [6, 6.07) is 0. The van der Waals surface area contributed by atoms with E-state index < -0.39 is 22.6 Å². The van der Waals surface area contributed by atoms with Gasteiger partial charge in [0.2, 0.25) is 0 Å². The first-order valence-corrected chi connectivity index (χ1v) is 5.81. The average Bonchev–Trinajstić information content (AvgIpc) is 2.56. The van der Waals surface area contributed by atoms with Gasteiger partial charge in [0.05, 0.1) is 12.2 Å². The normalized spacial score (nSPS) is 38.6. The van der Waals surface area contributed by atoms with Crippen LogP contribution in [0.4, 0.5) is 0 Å². The highest BCUT2D eigenvalue weighted by Gasteiger charge is 2.67. The van der Waals surface area contributed by atoms with Crippen LogP contribution in [0, 0.1) is 5.41 Å². The van der Waals surface area contributed by atoms with E-state index in [1.165, 1.54) is 12.2 Å². The Morgan fingerprint density at radius 3 is 2.47 bits per heavy atom. The predicted molar refractivity (Wildman–Crippen MR) is 62.6 cm³/mol. The van der Waals surface area contributed by atoms with Crippen molar-refractivity contribution in [3.63, 3.8) is 0 Å². The summed E-state index contributed by atoms with van der Waals surface area (Å²) in [5.74, 6) is -0.896. The third-order valence-corrected chi connectivity index (χ3v) is 4.30. The molecular weight excluding hydrogens is 220 g/mol. The van der Waals surface area contributed by atoms with Crippen LogP contribution in [0.3, 0.4) is 0 Å². The third kappa shape index (κ3) is 1.34. The molecule has 2 fully saturated rings. The van der Waals surface area contributed by atoms with E-state index in [4.69, 9.17) is 4.74 Å². The molecule has 0 amide bonds. The Morgan fingerprint density at radius 1 is 1.35 bits per heavy atom. The maximum absolute atomic E-state index is 11.7. The van der Waals surface area contributed by atoms with Gasteiger partial charge >= 0.3 is 5.97 Å². The first-order chi connectivity index (χ1) is 8.00. The molecule has 1 aliphatic heterocycles. The van der Waals surface area contributed by atoms with Gasteiger partial charge in [-0.2, -0.15) is 0 Å². The first-order valence-electron chi connectivity index (χ1n) is 5.81. The number of rotatable bonds is 4. The number of carboxylic acid groups (broad SMARTS) is 1. The van der Waals surface area contributed by atoms with Crippen molar-refractivity contribution in [2.24, 2.45) is 5.41 Å². The summed E-state index contributed by atoms with van der Waals surface area (Å²) in [5, 5.41) is 19.1. The SMILES string of the molecule is C=CC1(C=C)O[C@]2(CO)CCC[C@@]1(C(=O)O)C2. The quantitative estimate of drug-likeness (QED) is 0.728. The molecule has 1 saturated carbocycles. The van der Waals surface area contributed by atoms with Crippen molar-refractivity contribution in [3.05, 3.63) is 25.3 Å². The largest absolute Gasteiger partial charge is 0.481 e. The first kappa shape index (κ1) is 12.3. The molecule has 0 aromatic rings. The Labute approximate surface area is 101 Å². The lowest BCUT2D eigenvalue weighted by atomic mass is 9.63. The molecule has 2 rings (SSSR count). The van der Waals surface area contributed by atoms with Gasteiger partial charge in [0.25, 0.3) is 0 Å². The van der Waals surface area contributed by atoms with Crippen molar-refractivity contribution in [1.29, 1.82) is 0 Å². The number of aliphatic hydroxyl groups excluding tert-OH is 1. The van der Waals surface area contributed by atoms with Crippen LogP contribution >= 0.6 is 0 Å². The Morgan fingerprint density at radius 2 is 2.00 bits per heavy atom. The highest BCUT2D eigenvalue weighted by Crippen LogP contribution is 2.60. The van der Waals surface area contributed by atoms with Gasteiger partial charge in [-0.1, -0.05) is 25.3 Å². The van der Waals surface area contributed by atoms with Gasteiger partial charge in [0.15, 0.2) is 0 Å². The third-order valence-electron chi connectivity index (χ3n) is 4.30. The highest BCUT2D eigenvalue weighted by atomic mass is 16.5. The molecule has 1 heterocycles. The number of aliphatic carboxylic acids is 1. The molecule has 0 radical (unpaired) electrons. The molecule has 0 aromatic heterocycles. The van der Waals surface area contributed by atoms with Crippen LogP contribution in [0.15, 0.2) is 25.3 Å². The van der Waals surface area contributed by atoms with E-state index in [0.717, 1.165) is 6.42 Å². The lowest BCUT2D eigenvalue weighted by molar-refractivity contribution is -0.155. The fraction of sp³-hybridized carbons (Fsp3) is 0.615. The number of carboxylic acids is 1. The minimum absolute atomic E-state index is 0.161. The molecule has 0 aromatic carbocycles. The zero-order chi connectivity index (χ0) is 12.7. The second-order valence-electron chi connectivity index (χ2n) is 5.06. The number of fused-ring (bicyclic) bond motifs is 2. The topological polar surface area (TPSA) is 66.8 Å². The molecule has 2 bridgehead atoms. The standard InChI is InChI=1S/C13H18O4/c1-3-13(4-2)12(10(15)16)7-5-6-11(8-12,9-14)17-13/h3-4,14H,1-2,5-9H2,(H,15,16)/t11-,12+/m1/s1. The van der Waals surface area contributed by atoms with Gasteiger partial charge in [-0.3, -0.25) is 4.79 Å². The summed E-state index contributed by atoms with van der Waals surface area (Å²) in [7, 11) is 0. The van der Waals surface area contributed by atoms with Crippen molar-refractivity contribution in [2.45, 2.75) is 36.9 Å². The van der Waals surface area contributed by atoms with Gasteiger partial charge in [-0.15, -0.1) is 0 Å². The summed E-state index contributed by atoms with van der Waals surface area (Å²) in [6.45, 7) is 7.23. The van der Waals surface area contributed by atoms with Crippen molar-refractivity contribution in [3.8, 4) is 0 Å². The van der Waals surface area contributed by atoms with E-state index in [1.54, 1.807) is 0 Å². The van der Waals surface area contributed by atoms with Crippen molar-refractivity contribution >= 4 is 5.97 Å². The lowest BCUT2D eigenvalue weighted by Crippen LogP contribution is -2.47. The second-order valence-corrected chi connectivity index (χ2v) is 5.06. The molecule has 2 N–H and O–H groups in total. The molecule has 0 spiro atoms. The summed E-state index contributed by atoms with van der Waals surface area (Å²) in [4.78, 5) is 11.7. The number of carbonyl (C=O) groups is 1. The molecule has 2 atom stereocenters. The molecular formula is C13H18O4. The van der Waals surface area contributed by atoms with Crippen LogP contribution < -0.4 is 0 Å². The molecule has 17 heavy (non-hydrogen) atoms. The number of hydrogen-bond acceptors (Lipinski definition) is 3. The van der Waals surface area contributed by atoms with E-state index in [-0.39, 0.29) is 6.61 Å². The van der Waals surface area contributed by atoms with E-state index in [0.29, 0.717) is 19.3 Å². The van der Waals surface area contributed by atoms with Crippen molar-refractivity contribution < 1.29 is 19.7 Å². The second kappa shape index (κ2) is 3.68. The highest BCUT2D eigenvalue weighted by molar-refractivity contribution is 5.79. The molecule has 1 saturated heterocycles. The van der Waals surface area contributed by atoms with E-state index in [1.807, 2.05) is 0 Å². The Hall–Kier alpha value is -1.13. The van der Waals surface area contributed by atoms with E-state index in [9.17, 15) is 15.0 Å². The average molecular weight is 238 g/mol. The number of aliphatic hydroxyl groups is 1. The summed E-state index contributed by atoms with van der Waals surface area (Å²) in [6.07, 6.45) is 5.29. The number of ether oxygens (including phenoxy) is 1. The summed E-state index contributed by atoms with van der Waals surface area (Å²) >= 11 is 0. The van der Waals surface area contributed by atoms with Crippen LogP contribution in [-0.4, -0.2) is 34.0 Å².